The van der Waals surface area contributed by atoms with Gasteiger partial charge in [0.05, 0.1) is 5.92 Å². The van der Waals surface area contributed by atoms with Crippen LogP contribution in [0.25, 0.3) is 0 Å². The van der Waals surface area contributed by atoms with Crippen LogP contribution in [0, 0.1) is 5.92 Å². The van der Waals surface area contributed by atoms with E-state index in [0.717, 1.165) is 44.1 Å². The van der Waals surface area contributed by atoms with Gasteiger partial charge in [-0.25, -0.2) is 0 Å². The van der Waals surface area contributed by atoms with Crippen LogP contribution in [0.1, 0.15) is 50.5 Å². The molecule has 0 spiro atoms. The summed E-state index contributed by atoms with van der Waals surface area (Å²) >= 11 is 0. The number of benzene rings is 1. The molecule has 2 aliphatic rings. The van der Waals surface area contributed by atoms with Crippen LogP contribution in [0.5, 0.6) is 0 Å². The smallest absolute Gasteiger partial charge is 0.281 e. The summed E-state index contributed by atoms with van der Waals surface area (Å²) in [4.78, 5) is 12.6. The molecule has 1 N–H and O–H groups in total. The van der Waals surface area contributed by atoms with Gasteiger partial charge in [0.2, 0.25) is 5.91 Å². The topological polar surface area (TPSA) is 69.7 Å². The third kappa shape index (κ3) is 5.09. The van der Waals surface area contributed by atoms with Crippen molar-refractivity contribution >= 4 is 16.1 Å². The SMILES string of the molecule is CN(C1CCCCC1)S(=O)(=O)N1CCC[C@H](C(=O)NCc2ccccc2)C1. The first-order valence-corrected chi connectivity index (χ1v) is 11.4. The van der Waals surface area contributed by atoms with E-state index in [1.165, 1.54) is 10.7 Å². The quantitative estimate of drug-likeness (QED) is 0.807. The lowest BCUT2D eigenvalue weighted by atomic mass is 9.96. The zero-order valence-corrected chi connectivity index (χ0v) is 17.0. The fraction of sp³-hybridized carbons (Fsp3) is 0.650. The molecule has 1 heterocycles. The van der Waals surface area contributed by atoms with Crippen molar-refractivity contribution in [2.24, 2.45) is 5.92 Å². The van der Waals surface area contributed by atoms with Gasteiger partial charge in [-0.1, -0.05) is 49.6 Å². The first-order chi connectivity index (χ1) is 13.0. The lowest BCUT2D eigenvalue weighted by Gasteiger charge is -2.37. The second kappa shape index (κ2) is 9.17. The maximum Gasteiger partial charge on any atom is 0.281 e. The summed E-state index contributed by atoms with van der Waals surface area (Å²) in [6, 6.07) is 9.86. The minimum atomic E-state index is -3.51. The Labute approximate surface area is 163 Å². The van der Waals surface area contributed by atoms with Crippen LogP contribution < -0.4 is 5.32 Å². The van der Waals surface area contributed by atoms with Gasteiger partial charge in [0.1, 0.15) is 0 Å². The van der Waals surface area contributed by atoms with Gasteiger partial charge in [-0.05, 0) is 31.2 Å². The number of hydrogen-bond acceptors (Lipinski definition) is 3. The van der Waals surface area contributed by atoms with Crippen molar-refractivity contribution in [3.05, 3.63) is 35.9 Å². The first kappa shape index (κ1) is 20.3. The van der Waals surface area contributed by atoms with E-state index in [-0.39, 0.29) is 24.4 Å². The van der Waals surface area contributed by atoms with Gasteiger partial charge in [0, 0.05) is 32.7 Å². The van der Waals surface area contributed by atoms with E-state index in [9.17, 15) is 13.2 Å². The fourth-order valence-corrected chi connectivity index (χ4v) is 5.79. The Kier molecular flexibility index (Phi) is 6.89. The molecule has 1 saturated carbocycles. The third-order valence-corrected chi connectivity index (χ3v) is 7.85. The van der Waals surface area contributed by atoms with Gasteiger partial charge in [-0.15, -0.1) is 0 Å². The van der Waals surface area contributed by atoms with Crippen LogP contribution in [-0.2, 0) is 21.5 Å². The predicted molar refractivity (Wildman–Crippen MR) is 106 cm³/mol. The largest absolute Gasteiger partial charge is 0.352 e. The number of piperidine rings is 1. The highest BCUT2D eigenvalue weighted by Gasteiger charge is 2.37. The van der Waals surface area contributed by atoms with Crippen molar-refractivity contribution in [3.8, 4) is 0 Å². The van der Waals surface area contributed by atoms with E-state index in [0.29, 0.717) is 13.1 Å². The zero-order chi connectivity index (χ0) is 19.3. The minimum absolute atomic E-state index is 0.0564. The van der Waals surface area contributed by atoms with Crippen LogP contribution in [0.2, 0.25) is 0 Å². The highest BCUT2D eigenvalue weighted by Crippen LogP contribution is 2.27. The molecule has 2 fully saturated rings. The highest BCUT2D eigenvalue weighted by molar-refractivity contribution is 7.86. The average molecular weight is 394 g/mol. The molecule has 0 unspecified atom stereocenters. The highest BCUT2D eigenvalue weighted by atomic mass is 32.2. The number of amides is 1. The van der Waals surface area contributed by atoms with E-state index in [1.54, 1.807) is 11.4 Å². The number of hydrogen-bond donors (Lipinski definition) is 1. The normalized spacial score (nSPS) is 22.7. The van der Waals surface area contributed by atoms with Crippen LogP contribution in [0.15, 0.2) is 30.3 Å². The Hall–Kier alpha value is -1.44. The molecule has 1 aromatic rings. The second-order valence-corrected chi connectivity index (χ2v) is 9.70. The first-order valence-electron chi connectivity index (χ1n) is 10.0. The Morgan fingerprint density at radius 2 is 1.81 bits per heavy atom. The van der Waals surface area contributed by atoms with Crippen molar-refractivity contribution in [2.75, 3.05) is 20.1 Å². The molecular formula is C20H31N3O3S. The molecule has 150 valence electrons. The molecule has 1 saturated heterocycles. The Bertz CT molecular complexity index is 717. The second-order valence-electron chi connectivity index (χ2n) is 7.72. The molecule has 1 aromatic carbocycles. The van der Waals surface area contributed by atoms with Crippen LogP contribution in [-0.4, -0.2) is 49.1 Å². The number of rotatable bonds is 6. The molecule has 0 aromatic heterocycles. The van der Waals surface area contributed by atoms with Crippen molar-refractivity contribution in [2.45, 2.75) is 57.5 Å². The zero-order valence-electron chi connectivity index (χ0n) is 16.1. The molecule has 1 amide bonds. The summed E-state index contributed by atoms with van der Waals surface area (Å²) in [6.07, 6.45) is 6.71. The van der Waals surface area contributed by atoms with Crippen molar-refractivity contribution in [3.63, 3.8) is 0 Å². The molecule has 1 aliphatic carbocycles. The van der Waals surface area contributed by atoms with E-state index < -0.39 is 10.2 Å². The van der Waals surface area contributed by atoms with E-state index >= 15 is 0 Å². The Morgan fingerprint density at radius 3 is 2.52 bits per heavy atom. The number of nitrogens with zero attached hydrogens (tertiary/aromatic N) is 2. The molecule has 27 heavy (non-hydrogen) atoms. The molecule has 0 bridgehead atoms. The lowest BCUT2D eigenvalue weighted by Crippen LogP contribution is -2.52. The Balaban J connectivity index is 1.58. The summed E-state index contributed by atoms with van der Waals surface area (Å²) in [5, 5.41) is 2.96. The van der Waals surface area contributed by atoms with Crippen LogP contribution >= 0.6 is 0 Å². The van der Waals surface area contributed by atoms with Crippen molar-refractivity contribution in [1.82, 2.24) is 13.9 Å². The summed E-state index contributed by atoms with van der Waals surface area (Å²) in [5.41, 5.74) is 1.04. The van der Waals surface area contributed by atoms with E-state index in [2.05, 4.69) is 5.32 Å². The summed E-state index contributed by atoms with van der Waals surface area (Å²) in [5.74, 6) is -0.337. The molecule has 3 rings (SSSR count). The van der Waals surface area contributed by atoms with Gasteiger partial charge < -0.3 is 5.32 Å². The Morgan fingerprint density at radius 1 is 1.11 bits per heavy atom. The van der Waals surface area contributed by atoms with Crippen molar-refractivity contribution in [1.29, 1.82) is 0 Å². The van der Waals surface area contributed by atoms with Gasteiger partial charge >= 0.3 is 0 Å². The van der Waals surface area contributed by atoms with Gasteiger partial charge in [-0.3, -0.25) is 4.79 Å². The molecule has 1 aliphatic heterocycles. The van der Waals surface area contributed by atoms with E-state index in [4.69, 9.17) is 0 Å². The maximum absolute atomic E-state index is 13.1. The van der Waals surface area contributed by atoms with Crippen molar-refractivity contribution < 1.29 is 13.2 Å². The van der Waals surface area contributed by atoms with Crippen LogP contribution in [0.4, 0.5) is 0 Å². The maximum atomic E-state index is 13.1. The summed E-state index contributed by atoms with van der Waals surface area (Å²) in [7, 11) is -1.81. The summed E-state index contributed by atoms with van der Waals surface area (Å²) in [6.45, 7) is 1.26. The average Bonchev–Trinajstić information content (AvgIpc) is 2.73. The van der Waals surface area contributed by atoms with Gasteiger partial charge in [0.15, 0.2) is 0 Å². The molecule has 6 nitrogen and oxygen atoms in total. The van der Waals surface area contributed by atoms with Crippen LogP contribution in [0.3, 0.4) is 0 Å². The number of carbonyl (C=O) groups excluding carboxylic acids is 1. The van der Waals surface area contributed by atoms with Gasteiger partial charge in [0.25, 0.3) is 10.2 Å². The lowest BCUT2D eigenvalue weighted by molar-refractivity contribution is -0.126. The minimum Gasteiger partial charge on any atom is -0.352 e. The molecule has 7 heteroatoms. The third-order valence-electron chi connectivity index (χ3n) is 5.84. The molecule has 1 atom stereocenters. The monoisotopic (exact) mass is 393 g/mol. The van der Waals surface area contributed by atoms with Gasteiger partial charge in [-0.2, -0.15) is 17.0 Å². The summed E-state index contributed by atoms with van der Waals surface area (Å²) < 4.78 is 29.2. The number of nitrogens with one attached hydrogen (secondary N) is 1. The standard InChI is InChI=1S/C20H31N3O3S/c1-22(19-12-6-3-7-13-19)27(25,26)23-14-8-11-18(16-23)20(24)21-15-17-9-4-2-5-10-17/h2,4-5,9-10,18-19H,3,6-8,11-16H2,1H3,(H,21,24)/t18-/m0/s1. The van der Waals surface area contributed by atoms with E-state index in [1.807, 2.05) is 30.3 Å². The molecular weight excluding hydrogens is 362 g/mol. The fourth-order valence-electron chi connectivity index (χ4n) is 4.11. The molecule has 0 radical (unpaired) electrons. The number of carbonyl (C=O) groups is 1. The predicted octanol–water partition coefficient (Wildman–Crippen LogP) is 2.52.